The lowest BCUT2D eigenvalue weighted by atomic mass is 10.1. The second kappa shape index (κ2) is 5.70. The number of rotatable bonds is 5. The van der Waals surface area contributed by atoms with Gasteiger partial charge >= 0.3 is 5.97 Å². The fourth-order valence-corrected chi connectivity index (χ4v) is 1.99. The molecule has 1 heterocycles. The highest BCUT2D eigenvalue weighted by Crippen LogP contribution is 2.17. The molecule has 0 aliphatic heterocycles. The summed E-state index contributed by atoms with van der Waals surface area (Å²) in [5, 5.41) is 24.9. The molecule has 0 radical (unpaired) electrons. The van der Waals surface area contributed by atoms with Crippen molar-refractivity contribution in [1.82, 2.24) is 15.1 Å². The third-order valence-corrected chi connectivity index (χ3v) is 2.99. The van der Waals surface area contributed by atoms with Gasteiger partial charge < -0.3 is 15.5 Å². The van der Waals surface area contributed by atoms with E-state index in [0.29, 0.717) is 5.39 Å². The van der Waals surface area contributed by atoms with Crippen molar-refractivity contribution in [3.8, 4) is 0 Å². The normalized spacial score (nSPS) is 12.3. The molecule has 1 aromatic carbocycles. The lowest BCUT2D eigenvalue weighted by molar-refractivity contribution is -0.139. The van der Waals surface area contributed by atoms with Crippen molar-refractivity contribution >= 4 is 22.8 Å². The summed E-state index contributed by atoms with van der Waals surface area (Å²) in [7, 11) is 1.71. The number of carboxylic acids is 1. The Labute approximate surface area is 114 Å². The Morgan fingerprint density at radius 1 is 1.40 bits per heavy atom. The maximum Gasteiger partial charge on any atom is 0.326 e. The minimum atomic E-state index is -1.19. The Morgan fingerprint density at radius 2 is 2.10 bits per heavy atom. The number of aliphatic hydroxyl groups excluding tert-OH is 1. The number of aromatic nitrogens is 2. The van der Waals surface area contributed by atoms with E-state index < -0.39 is 17.9 Å². The number of carbonyl (C=O) groups excluding carboxylic acids is 1. The first-order chi connectivity index (χ1) is 9.54. The van der Waals surface area contributed by atoms with Gasteiger partial charge in [-0.05, 0) is 6.07 Å². The third-order valence-electron chi connectivity index (χ3n) is 2.99. The van der Waals surface area contributed by atoms with Crippen molar-refractivity contribution in [2.75, 3.05) is 6.61 Å². The average Bonchev–Trinajstić information content (AvgIpc) is 2.76. The number of amides is 1. The van der Waals surface area contributed by atoms with Gasteiger partial charge in [-0.1, -0.05) is 18.2 Å². The molecule has 2 rings (SSSR count). The summed E-state index contributed by atoms with van der Waals surface area (Å²) in [5.41, 5.74) is 0.957. The number of nitrogens with zero attached hydrogens (tertiary/aromatic N) is 2. The van der Waals surface area contributed by atoms with Crippen molar-refractivity contribution in [3.05, 3.63) is 30.0 Å². The molecule has 1 amide bonds. The van der Waals surface area contributed by atoms with E-state index in [0.717, 1.165) is 5.52 Å². The predicted octanol–water partition coefficient (Wildman–Crippen LogP) is 0.139. The number of fused-ring (bicyclic) bond motifs is 1. The molecule has 7 nitrogen and oxygen atoms in total. The number of nitrogens with one attached hydrogen (secondary N) is 1. The van der Waals surface area contributed by atoms with E-state index in [1.54, 1.807) is 23.9 Å². The molecule has 1 aromatic heterocycles. The molecule has 0 aliphatic rings. The van der Waals surface area contributed by atoms with Gasteiger partial charge in [-0.3, -0.25) is 9.48 Å². The van der Waals surface area contributed by atoms with Gasteiger partial charge in [0.25, 0.3) is 5.91 Å². The van der Waals surface area contributed by atoms with Crippen LogP contribution in [0, 0.1) is 0 Å². The first kappa shape index (κ1) is 14.0. The highest BCUT2D eigenvalue weighted by atomic mass is 16.4. The SMILES string of the molecule is Cn1nc(C(=O)NC(CCO)C(=O)O)c2ccccc21. The van der Waals surface area contributed by atoms with E-state index in [1.165, 1.54) is 0 Å². The van der Waals surface area contributed by atoms with Gasteiger partial charge in [0.15, 0.2) is 5.69 Å². The van der Waals surface area contributed by atoms with Crippen molar-refractivity contribution in [1.29, 1.82) is 0 Å². The van der Waals surface area contributed by atoms with Crippen LogP contribution in [0.1, 0.15) is 16.9 Å². The lowest BCUT2D eigenvalue weighted by Crippen LogP contribution is -2.41. The molecule has 0 bridgehead atoms. The molecule has 1 atom stereocenters. The maximum absolute atomic E-state index is 12.1. The molecule has 0 saturated carbocycles. The number of hydrogen-bond acceptors (Lipinski definition) is 4. The predicted molar refractivity (Wildman–Crippen MR) is 71.3 cm³/mol. The molecule has 0 spiro atoms. The van der Waals surface area contributed by atoms with E-state index >= 15 is 0 Å². The number of carbonyl (C=O) groups is 2. The zero-order valence-electron chi connectivity index (χ0n) is 10.9. The summed E-state index contributed by atoms with van der Waals surface area (Å²) in [6, 6.07) is 6.05. The van der Waals surface area contributed by atoms with Gasteiger partial charge in [-0.15, -0.1) is 0 Å². The standard InChI is InChI=1S/C13H15N3O4/c1-16-10-5-3-2-4-8(10)11(15-16)12(18)14-9(6-7-17)13(19)20/h2-5,9,17H,6-7H2,1H3,(H,14,18)(H,19,20). The summed E-state index contributed by atoms with van der Waals surface area (Å²) >= 11 is 0. The number of aliphatic hydroxyl groups is 1. The van der Waals surface area contributed by atoms with Gasteiger partial charge in [-0.25, -0.2) is 4.79 Å². The van der Waals surface area contributed by atoms with Crippen LogP contribution < -0.4 is 5.32 Å². The molecule has 0 aliphatic carbocycles. The van der Waals surface area contributed by atoms with E-state index in [9.17, 15) is 9.59 Å². The fraction of sp³-hybridized carbons (Fsp3) is 0.308. The number of aryl methyl sites for hydroxylation is 1. The van der Waals surface area contributed by atoms with E-state index in [4.69, 9.17) is 10.2 Å². The molecular weight excluding hydrogens is 262 g/mol. The minimum Gasteiger partial charge on any atom is -0.480 e. The molecule has 2 aromatic rings. The van der Waals surface area contributed by atoms with Crippen LogP contribution in [0.15, 0.2) is 24.3 Å². The minimum absolute atomic E-state index is 0.0498. The maximum atomic E-state index is 12.1. The van der Waals surface area contributed by atoms with Crippen LogP contribution in [-0.2, 0) is 11.8 Å². The van der Waals surface area contributed by atoms with E-state index in [2.05, 4.69) is 10.4 Å². The summed E-state index contributed by atoms with van der Waals surface area (Å²) in [5.74, 6) is -1.75. The highest BCUT2D eigenvalue weighted by Gasteiger charge is 2.23. The van der Waals surface area contributed by atoms with E-state index in [1.807, 2.05) is 12.1 Å². The Hall–Kier alpha value is -2.41. The Balaban J connectivity index is 2.29. The van der Waals surface area contributed by atoms with Crippen LogP contribution in [0.25, 0.3) is 10.9 Å². The second-order valence-electron chi connectivity index (χ2n) is 4.37. The van der Waals surface area contributed by atoms with Gasteiger partial charge in [0.05, 0.1) is 5.52 Å². The zero-order chi connectivity index (χ0) is 14.7. The van der Waals surface area contributed by atoms with Gasteiger partial charge in [0.2, 0.25) is 0 Å². The summed E-state index contributed by atoms with van der Waals surface area (Å²) in [6.45, 7) is -0.319. The number of para-hydroxylation sites is 1. The summed E-state index contributed by atoms with van der Waals surface area (Å²) in [4.78, 5) is 23.1. The van der Waals surface area contributed by atoms with Crippen LogP contribution in [-0.4, -0.2) is 44.5 Å². The number of hydrogen-bond donors (Lipinski definition) is 3. The number of carboxylic acid groups (broad SMARTS) is 1. The monoisotopic (exact) mass is 277 g/mol. The molecule has 1 unspecified atom stereocenters. The van der Waals surface area contributed by atoms with Gasteiger partial charge in [-0.2, -0.15) is 5.10 Å². The fourth-order valence-electron chi connectivity index (χ4n) is 1.99. The summed E-state index contributed by atoms with van der Waals surface area (Å²) < 4.78 is 1.56. The molecule has 20 heavy (non-hydrogen) atoms. The smallest absolute Gasteiger partial charge is 0.326 e. The molecule has 0 fully saturated rings. The van der Waals surface area contributed by atoms with Crippen molar-refractivity contribution < 1.29 is 19.8 Å². The summed E-state index contributed by atoms with van der Waals surface area (Å²) in [6.07, 6.45) is -0.0498. The topological polar surface area (TPSA) is 104 Å². The largest absolute Gasteiger partial charge is 0.480 e. The Kier molecular flexibility index (Phi) is 3.99. The third kappa shape index (κ3) is 2.62. The van der Waals surface area contributed by atoms with Crippen molar-refractivity contribution in [2.24, 2.45) is 7.05 Å². The van der Waals surface area contributed by atoms with Crippen LogP contribution in [0.5, 0.6) is 0 Å². The van der Waals surface area contributed by atoms with Crippen LogP contribution in [0.2, 0.25) is 0 Å². The molecule has 3 N–H and O–H groups in total. The van der Waals surface area contributed by atoms with Crippen molar-refractivity contribution in [2.45, 2.75) is 12.5 Å². The average molecular weight is 277 g/mol. The van der Waals surface area contributed by atoms with Crippen LogP contribution in [0.4, 0.5) is 0 Å². The molecule has 0 saturated heterocycles. The lowest BCUT2D eigenvalue weighted by Gasteiger charge is -2.12. The number of aliphatic carboxylic acids is 1. The van der Waals surface area contributed by atoms with Gasteiger partial charge in [0.1, 0.15) is 6.04 Å². The quantitative estimate of drug-likeness (QED) is 0.721. The van der Waals surface area contributed by atoms with E-state index in [-0.39, 0.29) is 18.7 Å². The Bertz CT molecular complexity index is 650. The molecule has 7 heteroatoms. The Morgan fingerprint density at radius 3 is 2.75 bits per heavy atom. The second-order valence-corrected chi connectivity index (χ2v) is 4.37. The molecular formula is C13H15N3O4. The molecule has 106 valence electrons. The highest BCUT2D eigenvalue weighted by molar-refractivity contribution is 6.05. The zero-order valence-corrected chi connectivity index (χ0v) is 10.9. The van der Waals surface area contributed by atoms with Crippen LogP contribution >= 0.6 is 0 Å². The first-order valence-corrected chi connectivity index (χ1v) is 6.11. The van der Waals surface area contributed by atoms with Crippen LogP contribution in [0.3, 0.4) is 0 Å². The van der Waals surface area contributed by atoms with Gasteiger partial charge in [0, 0.05) is 25.5 Å². The number of benzene rings is 1. The first-order valence-electron chi connectivity index (χ1n) is 6.11. The van der Waals surface area contributed by atoms with Crippen molar-refractivity contribution in [3.63, 3.8) is 0 Å².